The van der Waals surface area contributed by atoms with E-state index in [-0.39, 0.29) is 11.4 Å². The molecule has 5 nitrogen and oxygen atoms in total. The summed E-state index contributed by atoms with van der Waals surface area (Å²) >= 11 is 1.41. The second-order valence-electron chi connectivity index (χ2n) is 21.2. The molecular formula is C72H46B2F3N5S. The Kier molecular flexibility index (Phi) is 11.5. The molecule has 0 saturated heterocycles. The van der Waals surface area contributed by atoms with Crippen LogP contribution in [-0.2, 0) is 0 Å². The molecule has 0 bridgehead atoms. The minimum Gasteiger partial charge on any atom is -0.311 e. The van der Waals surface area contributed by atoms with Crippen molar-refractivity contribution >= 4 is 143 Å². The maximum Gasteiger partial charge on any atom is 0.252 e. The summed E-state index contributed by atoms with van der Waals surface area (Å²) in [6.45, 7) is -0.966. The monoisotopic (exact) mass is 1090 g/mol. The lowest BCUT2D eigenvalue weighted by Crippen LogP contribution is -2.65. The number of fused-ring (bicyclic) bond motifs is 8. The number of hydrogen-bond donors (Lipinski definition) is 0. The van der Waals surface area contributed by atoms with Crippen LogP contribution < -0.4 is 57.3 Å². The Morgan fingerprint density at radius 1 is 0.313 bits per heavy atom. The second kappa shape index (κ2) is 19.6. The van der Waals surface area contributed by atoms with Gasteiger partial charge in [0.05, 0.1) is 17.1 Å². The van der Waals surface area contributed by atoms with E-state index in [1.165, 1.54) is 23.9 Å². The molecule has 0 N–H and O–H groups in total. The molecule has 16 rings (SSSR count). The second-order valence-corrected chi connectivity index (χ2v) is 22.2. The quantitative estimate of drug-likeness (QED) is 0.133. The normalized spacial score (nSPS) is 13.1. The topological polar surface area (TPSA) is 16.2 Å². The van der Waals surface area contributed by atoms with Crippen molar-refractivity contribution in [3.8, 4) is 0 Å². The van der Waals surface area contributed by atoms with E-state index in [1.807, 2.05) is 103 Å². The van der Waals surface area contributed by atoms with Crippen LogP contribution in [0.5, 0.6) is 0 Å². The van der Waals surface area contributed by atoms with Gasteiger partial charge in [-0.1, -0.05) is 169 Å². The van der Waals surface area contributed by atoms with Gasteiger partial charge in [0.15, 0.2) is 5.82 Å². The van der Waals surface area contributed by atoms with Gasteiger partial charge >= 0.3 is 0 Å². The van der Waals surface area contributed by atoms with Crippen LogP contribution in [0, 0.1) is 17.5 Å². The SMILES string of the molecule is Fc1ccc(N2c3cc(N(c4ccccc4)c4ccccc4)cc4c3B(c3ccccc3N4c3ccccc3)c3cc4c(c(F)c32)Sc2cc(N(c3ccccc3)c3ccccc3)cc3c2B4c2ccccc2N3c2ccccc2)c(F)c1. The van der Waals surface area contributed by atoms with E-state index in [0.29, 0.717) is 16.0 Å². The molecule has 4 aliphatic rings. The van der Waals surface area contributed by atoms with Crippen molar-refractivity contribution in [3.63, 3.8) is 0 Å². The lowest BCUT2D eigenvalue weighted by atomic mass is 9.31. The Bertz CT molecular complexity index is 4430. The average Bonchev–Trinajstić information content (AvgIpc) is 0.932. The predicted molar refractivity (Wildman–Crippen MR) is 340 cm³/mol. The molecule has 4 heterocycles. The molecule has 392 valence electrons. The molecule has 0 spiro atoms. The lowest BCUT2D eigenvalue weighted by Gasteiger charge is -2.46. The lowest BCUT2D eigenvalue weighted by molar-refractivity contribution is 0.582. The fourth-order valence-electron chi connectivity index (χ4n) is 13.3. The summed E-state index contributed by atoms with van der Waals surface area (Å²) in [5.74, 6) is -2.04. The molecule has 0 saturated carbocycles. The van der Waals surface area contributed by atoms with E-state index in [2.05, 4.69) is 177 Å². The fourth-order valence-corrected chi connectivity index (χ4v) is 14.5. The standard InChI is InChI=1S/C72H46B2F3N5S/c75-47-39-40-63(60(76)41-47)82-65-43-54(78(48-23-7-1-8-24-48)49-25-9-2-10-26-49)42-64-68(65)73(56-35-19-21-37-61(56)80(64)52-31-15-5-16-32-52)58-46-59-72(70(77)71(58)82)83-67-45-55(79(50-27-11-3-12-28-50)51-29-13-4-14-30-51)44-66-69(67)74(59)57-36-20-22-38-62(57)81(66)53-33-17-6-18-34-53/h1-46H. The van der Waals surface area contributed by atoms with Gasteiger partial charge in [-0.3, -0.25) is 0 Å². The van der Waals surface area contributed by atoms with Gasteiger partial charge < -0.3 is 24.5 Å². The molecule has 12 aromatic carbocycles. The van der Waals surface area contributed by atoms with Crippen molar-refractivity contribution in [2.45, 2.75) is 9.79 Å². The molecule has 0 unspecified atom stereocenters. The van der Waals surface area contributed by atoms with Gasteiger partial charge in [0, 0.05) is 84.1 Å². The Morgan fingerprint density at radius 2 is 0.723 bits per heavy atom. The first-order valence-corrected chi connectivity index (χ1v) is 28.6. The zero-order valence-electron chi connectivity index (χ0n) is 44.5. The van der Waals surface area contributed by atoms with E-state index >= 15 is 13.2 Å². The third-order valence-corrected chi connectivity index (χ3v) is 17.7. The van der Waals surface area contributed by atoms with Crippen molar-refractivity contribution < 1.29 is 13.2 Å². The third kappa shape index (κ3) is 7.75. The molecule has 0 aromatic heterocycles. The number of benzene rings is 12. The fraction of sp³-hybridized carbons (Fsp3) is 0. The van der Waals surface area contributed by atoms with Crippen molar-refractivity contribution in [1.82, 2.24) is 0 Å². The van der Waals surface area contributed by atoms with Gasteiger partial charge in [-0.25, -0.2) is 13.2 Å². The third-order valence-electron chi connectivity index (χ3n) is 16.6. The number of rotatable bonds is 9. The number of halogens is 3. The van der Waals surface area contributed by atoms with Crippen LogP contribution in [0.4, 0.5) is 98.5 Å². The number of anilines is 15. The first-order chi connectivity index (χ1) is 41.0. The maximum atomic E-state index is 19.9. The molecule has 12 aromatic rings. The highest BCUT2D eigenvalue weighted by molar-refractivity contribution is 8.00. The van der Waals surface area contributed by atoms with Gasteiger partial charge in [0.1, 0.15) is 11.6 Å². The Hall–Kier alpha value is -10.1. The van der Waals surface area contributed by atoms with Crippen LogP contribution in [0.2, 0.25) is 0 Å². The summed E-state index contributed by atoms with van der Waals surface area (Å²) in [4.78, 5) is 12.1. The van der Waals surface area contributed by atoms with Crippen LogP contribution in [-0.4, -0.2) is 13.4 Å². The first-order valence-electron chi connectivity index (χ1n) is 27.8. The number of para-hydroxylation sites is 8. The van der Waals surface area contributed by atoms with Crippen LogP contribution in [0.15, 0.2) is 289 Å². The van der Waals surface area contributed by atoms with Crippen molar-refractivity contribution in [1.29, 1.82) is 0 Å². The Labute approximate surface area is 484 Å². The van der Waals surface area contributed by atoms with Crippen LogP contribution in [0.25, 0.3) is 0 Å². The number of hydrogen-bond acceptors (Lipinski definition) is 6. The summed E-state index contributed by atoms with van der Waals surface area (Å²) in [6, 6.07) is 93.2. The molecule has 0 fully saturated rings. The largest absolute Gasteiger partial charge is 0.311 e. The average molecular weight is 1090 g/mol. The van der Waals surface area contributed by atoms with Crippen LogP contribution in [0.3, 0.4) is 0 Å². The molecule has 0 aliphatic carbocycles. The molecule has 4 aliphatic heterocycles. The van der Waals surface area contributed by atoms with E-state index in [1.54, 1.807) is 4.90 Å². The summed E-state index contributed by atoms with van der Waals surface area (Å²) in [7, 11) is 0. The zero-order chi connectivity index (χ0) is 55.3. The summed E-state index contributed by atoms with van der Waals surface area (Å²) < 4.78 is 52.8. The Balaban J connectivity index is 1.01. The molecule has 0 radical (unpaired) electrons. The van der Waals surface area contributed by atoms with Gasteiger partial charge in [0.25, 0.3) is 6.71 Å². The highest BCUT2D eigenvalue weighted by Crippen LogP contribution is 2.52. The van der Waals surface area contributed by atoms with E-state index in [9.17, 15) is 0 Å². The summed E-state index contributed by atoms with van der Waals surface area (Å²) in [5.41, 5.74) is 17.3. The molecule has 83 heavy (non-hydrogen) atoms. The minimum absolute atomic E-state index is 0.0223. The minimum atomic E-state index is -0.818. The van der Waals surface area contributed by atoms with E-state index < -0.39 is 30.9 Å². The van der Waals surface area contributed by atoms with Gasteiger partial charge in [-0.05, 0) is 149 Å². The smallest absolute Gasteiger partial charge is 0.252 e. The van der Waals surface area contributed by atoms with Gasteiger partial charge in [-0.2, -0.15) is 0 Å². The molecule has 11 heteroatoms. The van der Waals surface area contributed by atoms with Crippen LogP contribution >= 0.6 is 11.8 Å². The predicted octanol–water partition coefficient (Wildman–Crippen LogP) is 15.9. The Morgan fingerprint density at radius 3 is 1.20 bits per heavy atom. The van der Waals surface area contributed by atoms with Crippen LogP contribution in [0.1, 0.15) is 0 Å². The first kappa shape index (κ1) is 48.8. The van der Waals surface area contributed by atoms with E-state index in [4.69, 9.17) is 0 Å². The number of nitrogens with zero attached hydrogens (tertiary/aromatic N) is 5. The van der Waals surface area contributed by atoms with Crippen molar-refractivity contribution in [2.24, 2.45) is 0 Å². The molecular weight excluding hydrogens is 1050 g/mol. The molecule has 0 amide bonds. The summed E-state index contributed by atoms with van der Waals surface area (Å²) in [5, 5.41) is 0. The van der Waals surface area contributed by atoms with Gasteiger partial charge in [-0.15, -0.1) is 0 Å². The zero-order valence-corrected chi connectivity index (χ0v) is 45.3. The van der Waals surface area contributed by atoms with Crippen molar-refractivity contribution in [2.75, 3.05) is 24.5 Å². The maximum absolute atomic E-state index is 19.9. The highest BCUT2D eigenvalue weighted by atomic mass is 32.2. The van der Waals surface area contributed by atoms with Crippen molar-refractivity contribution in [3.05, 3.63) is 297 Å². The highest BCUT2D eigenvalue weighted by Gasteiger charge is 2.49. The summed E-state index contributed by atoms with van der Waals surface area (Å²) in [6.07, 6.45) is 0. The van der Waals surface area contributed by atoms with E-state index in [0.717, 1.165) is 107 Å². The molecule has 0 atom stereocenters. The van der Waals surface area contributed by atoms with Gasteiger partial charge in [0.2, 0.25) is 6.71 Å².